The second-order valence-electron chi connectivity index (χ2n) is 7.91. The van der Waals surface area contributed by atoms with Gasteiger partial charge in [-0.15, -0.1) is 0 Å². The van der Waals surface area contributed by atoms with Crippen molar-refractivity contribution in [3.05, 3.63) is 52.5 Å². The van der Waals surface area contributed by atoms with Crippen molar-refractivity contribution < 1.29 is 17.9 Å². The molecule has 1 fully saturated rings. The molecule has 2 aromatic carbocycles. The van der Waals surface area contributed by atoms with Crippen molar-refractivity contribution in [2.24, 2.45) is 5.92 Å². The predicted molar refractivity (Wildman–Crippen MR) is 119 cm³/mol. The number of ether oxygens (including phenoxy) is 1. The SMILES string of the molecule is COc1ccc(S(=O)(=O)N2CCC[C@H](C(=O)N3c4ccc(Br)cc4C[C@H]3C)C2)cc1. The molecule has 2 heterocycles. The maximum Gasteiger partial charge on any atom is 0.243 e. The lowest BCUT2D eigenvalue weighted by atomic mass is 9.97. The van der Waals surface area contributed by atoms with Gasteiger partial charge in [0.05, 0.1) is 17.9 Å². The first-order chi connectivity index (χ1) is 14.3. The summed E-state index contributed by atoms with van der Waals surface area (Å²) in [4.78, 5) is 15.5. The van der Waals surface area contributed by atoms with Gasteiger partial charge in [-0.25, -0.2) is 8.42 Å². The van der Waals surface area contributed by atoms with E-state index in [0.717, 1.165) is 22.1 Å². The molecular weight excluding hydrogens is 468 g/mol. The average molecular weight is 493 g/mol. The zero-order valence-corrected chi connectivity index (χ0v) is 19.4. The van der Waals surface area contributed by atoms with Crippen LogP contribution in [-0.2, 0) is 21.2 Å². The van der Waals surface area contributed by atoms with E-state index in [1.165, 1.54) is 4.31 Å². The molecule has 8 heteroatoms. The number of hydrogen-bond donors (Lipinski definition) is 0. The lowest BCUT2D eigenvalue weighted by molar-refractivity contribution is -0.123. The lowest BCUT2D eigenvalue weighted by Crippen LogP contribution is -2.48. The number of piperidine rings is 1. The molecule has 1 saturated heterocycles. The van der Waals surface area contributed by atoms with E-state index in [-0.39, 0.29) is 29.3 Å². The topological polar surface area (TPSA) is 66.9 Å². The molecule has 1 amide bonds. The van der Waals surface area contributed by atoms with Crippen molar-refractivity contribution >= 4 is 37.5 Å². The van der Waals surface area contributed by atoms with Crippen LogP contribution in [0.5, 0.6) is 5.75 Å². The molecule has 2 aliphatic rings. The van der Waals surface area contributed by atoms with E-state index in [1.54, 1.807) is 31.4 Å². The standard InChI is InChI=1S/C22H25BrN2O4S/c1-15-12-17-13-18(23)5-10-21(17)25(15)22(26)16-4-3-11-24(14-16)30(27,28)20-8-6-19(29-2)7-9-20/h5-10,13,15-16H,3-4,11-12,14H2,1-2H3/t15-,16+/m1/s1. The normalized spacial score (nSPS) is 22.0. The van der Waals surface area contributed by atoms with Crippen molar-refractivity contribution in [3.63, 3.8) is 0 Å². The molecule has 30 heavy (non-hydrogen) atoms. The number of benzene rings is 2. The van der Waals surface area contributed by atoms with Gasteiger partial charge in [0.25, 0.3) is 0 Å². The van der Waals surface area contributed by atoms with Crippen LogP contribution in [0, 0.1) is 5.92 Å². The molecule has 0 spiro atoms. The van der Waals surface area contributed by atoms with Crippen LogP contribution < -0.4 is 9.64 Å². The summed E-state index contributed by atoms with van der Waals surface area (Å²) in [6.45, 7) is 2.68. The van der Waals surface area contributed by atoms with Crippen molar-refractivity contribution in [2.75, 3.05) is 25.1 Å². The fraction of sp³-hybridized carbons (Fsp3) is 0.409. The van der Waals surface area contributed by atoms with Crippen molar-refractivity contribution in [1.82, 2.24) is 4.31 Å². The molecule has 0 saturated carbocycles. The summed E-state index contributed by atoms with van der Waals surface area (Å²) in [6, 6.07) is 12.4. The van der Waals surface area contributed by atoms with E-state index in [0.29, 0.717) is 25.1 Å². The highest BCUT2D eigenvalue weighted by Gasteiger charge is 2.39. The molecule has 0 N–H and O–H groups in total. The Kier molecular flexibility index (Phi) is 5.92. The summed E-state index contributed by atoms with van der Waals surface area (Å²) < 4.78 is 33.8. The second-order valence-corrected chi connectivity index (χ2v) is 10.8. The molecular formula is C22H25BrN2O4S. The number of hydrogen-bond acceptors (Lipinski definition) is 4. The molecule has 0 radical (unpaired) electrons. The van der Waals surface area contributed by atoms with Crippen molar-refractivity contribution in [3.8, 4) is 5.75 Å². The van der Waals surface area contributed by atoms with Crippen LogP contribution in [0.25, 0.3) is 0 Å². The third-order valence-electron chi connectivity index (χ3n) is 5.93. The first kappa shape index (κ1) is 21.3. The zero-order valence-electron chi connectivity index (χ0n) is 17.0. The number of carbonyl (C=O) groups is 1. The van der Waals surface area contributed by atoms with E-state index in [2.05, 4.69) is 22.0 Å². The van der Waals surface area contributed by atoms with Crippen LogP contribution in [0.4, 0.5) is 5.69 Å². The Morgan fingerprint density at radius 3 is 2.60 bits per heavy atom. The molecule has 0 unspecified atom stereocenters. The minimum absolute atomic E-state index is 0.0122. The van der Waals surface area contributed by atoms with Gasteiger partial charge in [-0.3, -0.25) is 4.79 Å². The minimum atomic E-state index is -3.66. The summed E-state index contributed by atoms with van der Waals surface area (Å²) in [5, 5.41) is 0. The van der Waals surface area contributed by atoms with Gasteiger partial charge in [0.15, 0.2) is 0 Å². The quantitative estimate of drug-likeness (QED) is 0.650. The smallest absolute Gasteiger partial charge is 0.243 e. The highest BCUT2D eigenvalue weighted by Crippen LogP contribution is 2.36. The Morgan fingerprint density at radius 2 is 1.90 bits per heavy atom. The Bertz CT molecular complexity index is 1060. The molecule has 4 rings (SSSR count). The number of carbonyl (C=O) groups excluding carboxylic acids is 1. The molecule has 2 aromatic rings. The summed E-state index contributed by atoms with van der Waals surface area (Å²) in [6.07, 6.45) is 2.17. The van der Waals surface area contributed by atoms with E-state index in [9.17, 15) is 13.2 Å². The van der Waals surface area contributed by atoms with Crippen LogP contribution in [0.1, 0.15) is 25.3 Å². The number of nitrogens with zero attached hydrogens (tertiary/aromatic N) is 2. The molecule has 0 aromatic heterocycles. The van der Waals surface area contributed by atoms with Gasteiger partial charge in [0.1, 0.15) is 5.75 Å². The van der Waals surface area contributed by atoms with Gasteiger partial charge >= 0.3 is 0 Å². The summed E-state index contributed by atoms with van der Waals surface area (Å²) in [5.41, 5.74) is 2.08. The second kappa shape index (κ2) is 8.32. The number of amides is 1. The van der Waals surface area contributed by atoms with Gasteiger partial charge in [-0.2, -0.15) is 4.31 Å². The largest absolute Gasteiger partial charge is 0.497 e. The zero-order chi connectivity index (χ0) is 21.5. The Hall–Kier alpha value is -1.90. The van der Waals surface area contributed by atoms with E-state index < -0.39 is 10.0 Å². The minimum Gasteiger partial charge on any atom is -0.497 e. The van der Waals surface area contributed by atoms with Gasteiger partial charge < -0.3 is 9.64 Å². The summed E-state index contributed by atoms with van der Waals surface area (Å²) in [7, 11) is -2.11. The fourth-order valence-electron chi connectivity index (χ4n) is 4.39. The maximum absolute atomic E-state index is 13.4. The van der Waals surface area contributed by atoms with Gasteiger partial charge in [0, 0.05) is 29.3 Å². The van der Waals surface area contributed by atoms with Crippen molar-refractivity contribution in [2.45, 2.75) is 37.1 Å². The first-order valence-corrected chi connectivity index (χ1v) is 12.3. The number of methoxy groups -OCH3 is 1. The third-order valence-corrected chi connectivity index (χ3v) is 8.30. The number of anilines is 1. The molecule has 2 aliphatic heterocycles. The first-order valence-electron chi connectivity index (χ1n) is 10.1. The lowest BCUT2D eigenvalue weighted by Gasteiger charge is -2.34. The molecule has 0 bridgehead atoms. The highest BCUT2D eigenvalue weighted by atomic mass is 79.9. The van der Waals surface area contributed by atoms with Crippen LogP contribution in [-0.4, -0.2) is 44.9 Å². The number of halogens is 1. The Balaban J connectivity index is 1.55. The Morgan fingerprint density at radius 1 is 1.17 bits per heavy atom. The number of rotatable bonds is 4. The molecule has 6 nitrogen and oxygen atoms in total. The van der Waals surface area contributed by atoms with Crippen LogP contribution >= 0.6 is 15.9 Å². The molecule has 0 aliphatic carbocycles. The highest BCUT2D eigenvalue weighted by molar-refractivity contribution is 9.10. The van der Waals surface area contributed by atoms with Crippen LogP contribution in [0.15, 0.2) is 51.8 Å². The molecule has 160 valence electrons. The van der Waals surface area contributed by atoms with Gasteiger partial charge in [-0.05, 0) is 74.2 Å². The van der Waals surface area contributed by atoms with Crippen LogP contribution in [0.3, 0.4) is 0 Å². The van der Waals surface area contributed by atoms with E-state index in [4.69, 9.17) is 4.74 Å². The molecule has 2 atom stereocenters. The van der Waals surface area contributed by atoms with Gasteiger partial charge in [-0.1, -0.05) is 15.9 Å². The monoisotopic (exact) mass is 492 g/mol. The summed E-state index contributed by atoms with van der Waals surface area (Å²) in [5.74, 6) is 0.274. The van der Waals surface area contributed by atoms with Crippen molar-refractivity contribution in [1.29, 1.82) is 0 Å². The third kappa shape index (κ3) is 3.88. The Labute approximate surface area is 186 Å². The van der Waals surface area contributed by atoms with E-state index in [1.807, 2.05) is 24.0 Å². The summed E-state index contributed by atoms with van der Waals surface area (Å²) >= 11 is 3.49. The van der Waals surface area contributed by atoms with E-state index >= 15 is 0 Å². The number of sulfonamides is 1. The number of fused-ring (bicyclic) bond motifs is 1. The fourth-order valence-corrected chi connectivity index (χ4v) is 6.32. The van der Waals surface area contributed by atoms with Crippen LogP contribution in [0.2, 0.25) is 0 Å². The average Bonchev–Trinajstić information content (AvgIpc) is 3.08. The van der Waals surface area contributed by atoms with Gasteiger partial charge in [0.2, 0.25) is 15.9 Å². The predicted octanol–water partition coefficient (Wildman–Crippen LogP) is 3.84. The maximum atomic E-state index is 13.4.